The first-order valence-electron chi connectivity index (χ1n) is 18.2. The topological polar surface area (TPSA) is 52.8 Å². The van der Waals surface area contributed by atoms with Crippen molar-refractivity contribution in [1.82, 2.24) is 19.5 Å². The van der Waals surface area contributed by atoms with Crippen LogP contribution in [0, 0.1) is 12.1 Å². The van der Waals surface area contributed by atoms with Gasteiger partial charge in [-0.25, -0.2) is 4.98 Å². The van der Waals surface area contributed by atoms with E-state index in [0.29, 0.717) is 11.8 Å². The summed E-state index contributed by atoms with van der Waals surface area (Å²) in [5.41, 5.74) is 10.1. The molecule has 0 saturated heterocycles. The average Bonchev–Trinajstić information content (AvgIpc) is 3.65. The zero-order valence-corrected chi connectivity index (χ0v) is 33.5. The Hall–Kier alpha value is -5.38. The van der Waals surface area contributed by atoms with E-state index in [-0.39, 0.29) is 31.9 Å². The number of nitrogens with zero attached hydrogens (tertiary/aromatic N) is 4. The van der Waals surface area contributed by atoms with Crippen molar-refractivity contribution >= 4 is 21.8 Å². The number of aromatic nitrogens is 4. The molecule has 0 fully saturated rings. The fraction of sp³-hybridized carbons (Fsp3) is 0.188. The number of hydrogen-bond acceptors (Lipinski definition) is 4. The molecule has 4 aromatic carbocycles. The molecule has 0 unspecified atom stereocenters. The van der Waals surface area contributed by atoms with Gasteiger partial charge in [-0.1, -0.05) is 137 Å². The van der Waals surface area contributed by atoms with Gasteiger partial charge in [0.15, 0.2) is 0 Å². The monoisotopic (exact) mass is 883 g/mol. The number of hydrogen-bond donors (Lipinski definition) is 0. The van der Waals surface area contributed by atoms with E-state index in [4.69, 9.17) is 19.7 Å². The molecule has 0 saturated carbocycles. The molecule has 1 aliphatic carbocycles. The Kier molecular flexibility index (Phi) is 8.70. The second kappa shape index (κ2) is 13.2. The van der Waals surface area contributed by atoms with E-state index < -0.39 is 5.41 Å². The number of para-hydroxylation sites is 1. The Balaban J connectivity index is 0.00000413. The first kappa shape index (κ1) is 35.6. The van der Waals surface area contributed by atoms with Crippen LogP contribution in [0.3, 0.4) is 0 Å². The fourth-order valence-corrected chi connectivity index (χ4v) is 8.14. The number of pyridine rings is 3. The third-order valence-electron chi connectivity index (χ3n) is 10.6. The minimum absolute atomic E-state index is 0. The molecule has 6 heteroatoms. The summed E-state index contributed by atoms with van der Waals surface area (Å²) >= 11 is 0. The van der Waals surface area contributed by atoms with E-state index in [2.05, 4.69) is 167 Å². The summed E-state index contributed by atoms with van der Waals surface area (Å²) in [5.74, 6) is 1.61. The SMILES string of the molecule is CC(C)(C)c1ccnc(-n2c3[c-]c(Oc4ccc5c(n4)-c4[c-]ccc(C(C)(C)C)c4C5(c4ccccc4)c4ccccc4)ncc3c3ccccc32)c1.[Pt+2]. The van der Waals surface area contributed by atoms with Crippen molar-refractivity contribution < 1.29 is 25.8 Å². The number of fused-ring (bicyclic) bond motifs is 6. The van der Waals surface area contributed by atoms with Gasteiger partial charge in [-0.15, -0.1) is 45.8 Å². The minimum Gasteiger partial charge on any atom is -0.441 e. The minimum atomic E-state index is -0.599. The van der Waals surface area contributed by atoms with Crippen molar-refractivity contribution in [3.8, 4) is 28.8 Å². The summed E-state index contributed by atoms with van der Waals surface area (Å²) < 4.78 is 8.69. The van der Waals surface area contributed by atoms with E-state index in [1.165, 1.54) is 27.8 Å². The van der Waals surface area contributed by atoms with Gasteiger partial charge in [0.2, 0.25) is 5.88 Å². The molecule has 4 heterocycles. The van der Waals surface area contributed by atoms with E-state index >= 15 is 0 Å². The summed E-state index contributed by atoms with van der Waals surface area (Å²) in [6.07, 6.45) is 3.75. The van der Waals surface area contributed by atoms with E-state index in [1.54, 1.807) is 0 Å². The van der Waals surface area contributed by atoms with Gasteiger partial charge in [0, 0.05) is 17.1 Å². The van der Waals surface area contributed by atoms with Crippen molar-refractivity contribution in [2.75, 3.05) is 0 Å². The first-order valence-corrected chi connectivity index (χ1v) is 18.2. The number of benzene rings is 4. The third-order valence-corrected chi connectivity index (χ3v) is 10.6. The maximum atomic E-state index is 6.54. The molecule has 4 aromatic heterocycles. The molecule has 0 atom stereocenters. The second-order valence-electron chi connectivity index (χ2n) is 16.0. The standard InChI is InChI=1S/C48H40N4O.Pt/c1-46(2,3)33-26-27-49-41(28-33)52-39-23-14-13-20-34(39)36-30-50-43(29-40(36)52)53-42-25-24-38-45(51-42)35-21-15-22-37(47(4,5)6)44(35)48(38,31-16-9-7-10-17-31)32-18-11-8-12-19-32;/h7-20,22-28,30H,1-6H3;/q-2;+2. The summed E-state index contributed by atoms with van der Waals surface area (Å²) in [6.45, 7) is 13.5. The molecule has 0 amide bonds. The van der Waals surface area contributed by atoms with Gasteiger partial charge in [0.05, 0.1) is 0 Å². The Morgan fingerprint density at radius 1 is 0.704 bits per heavy atom. The van der Waals surface area contributed by atoms with Crippen LogP contribution in [-0.2, 0) is 37.3 Å². The number of ether oxygens (including phenoxy) is 1. The second-order valence-corrected chi connectivity index (χ2v) is 16.0. The van der Waals surface area contributed by atoms with Crippen LogP contribution in [0.2, 0.25) is 0 Å². The van der Waals surface area contributed by atoms with Crippen molar-refractivity contribution in [2.24, 2.45) is 0 Å². The predicted octanol–water partition coefficient (Wildman–Crippen LogP) is 11.3. The summed E-state index contributed by atoms with van der Waals surface area (Å²) in [4.78, 5) is 14.9. The Morgan fingerprint density at radius 2 is 1.39 bits per heavy atom. The van der Waals surface area contributed by atoms with Crippen LogP contribution >= 0.6 is 0 Å². The van der Waals surface area contributed by atoms with Gasteiger partial charge in [0.25, 0.3) is 0 Å². The molecule has 268 valence electrons. The first-order chi connectivity index (χ1) is 25.5. The molecule has 8 aromatic rings. The van der Waals surface area contributed by atoms with Crippen molar-refractivity contribution in [3.63, 3.8) is 0 Å². The van der Waals surface area contributed by atoms with E-state index in [1.807, 2.05) is 24.5 Å². The zero-order chi connectivity index (χ0) is 36.5. The molecular formula is C48H40N4OPt. The molecule has 0 N–H and O–H groups in total. The van der Waals surface area contributed by atoms with Gasteiger partial charge in [-0.3, -0.25) is 9.97 Å². The van der Waals surface area contributed by atoms with Gasteiger partial charge >= 0.3 is 21.1 Å². The summed E-state index contributed by atoms with van der Waals surface area (Å²) in [6, 6.07) is 49.7. The predicted molar refractivity (Wildman–Crippen MR) is 213 cm³/mol. The molecule has 0 spiro atoms. The maximum Gasteiger partial charge on any atom is 2.00 e. The molecule has 0 aliphatic heterocycles. The molecule has 0 radical (unpaired) electrons. The molecule has 0 bridgehead atoms. The van der Waals surface area contributed by atoms with Gasteiger partial charge in [0.1, 0.15) is 11.7 Å². The summed E-state index contributed by atoms with van der Waals surface area (Å²) in [5, 5.41) is 2.06. The molecule has 9 rings (SSSR count). The Morgan fingerprint density at radius 3 is 2.07 bits per heavy atom. The van der Waals surface area contributed by atoms with E-state index in [9.17, 15) is 0 Å². The van der Waals surface area contributed by atoms with Crippen LogP contribution in [-0.4, -0.2) is 19.5 Å². The smallest absolute Gasteiger partial charge is 0.441 e. The molecular weight excluding hydrogens is 844 g/mol. The van der Waals surface area contributed by atoms with Gasteiger partial charge in [-0.2, -0.15) is 6.07 Å². The quantitative estimate of drug-likeness (QED) is 0.162. The van der Waals surface area contributed by atoms with Crippen molar-refractivity contribution in [2.45, 2.75) is 57.8 Å². The normalized spacial score (nSPS) is 13.4. The number of rotatable bonds is 5. The zero-order valence-electron chi connectivity index (χ0n) is 31.2. The van der Waals surface area contributed by atoms with Crippen molar-refractivity contribution in [3.05, 3.63) is 179 Å². The molecule has 5 nitrogen and oxygen atoms in total. The van der Waals surface area contributed by atoms with Crippen LogP contribution in [0.25, 0.3) is 38.9 Å². The van der Waals surface area contributed by atoms with Crippen LogP contribution in [0.5, 0.6) is 11.8 Å². The molecule has 1 aliphatic rings. The molecule has 54 heavy (non-hydrogen) atoms. The van der Waals surface area contributed by atoms with Gasteiger partial charge < -0.3 is 9.30 Å². The van der Waals surface area contributed by atoms with Gasteiger partial charge in [-0.05, 0) is 63.7 Å². The summed E-state index contributed by atoms with van der Waals surface area (Å²) in [7, 11) is 0. The van der Waals surface area contributed by atoms with Crippen LogP contribution in [0.1, 0.15) is 74.9 Å². The van der Waals surface area contributed by atoms with E-state index in [0.717, 1.165) is 44.4 Å². The van der Waals surface area contributed by atoms with Crippen LogP contribution < -0.4 is 4.74 Å². The Bertz CT molecular complexity index is 2630. The largest absolute Gasteiger partial charge is 2.00 e. The Labute approximate surface area is 331 Å². The van der Waals surface area contributed by atoms with Crippen molar-refractivity contribution in [1.29, 1.82) is 0 Å². The van der Waals surface area contributed by atoms with Crippen LogP contribution in [0.15, 0.2) is 134 Å². The third kappa shape index (κ3) is 5.60. The fourth-order valence-electron chi connectivity index (χ4n) is 8.14. The average molecular weight is 884 g/mol. The van der Waals surface area contributed by atoms with Crippen LogP contribution in [0.4, 0.5) is 0 Å². The maximum absolute atomic E-state index is 6.54.